The van der Waals surface area contributed by atoms with Crippen LogP contribution in [0.1, 0.15) is 24.0 Å². The highest BCUT2D eigenvalue weighted by atomic mass is 19.2. The molecule has 1 fully saturated rings. The third-order valence-corrected chi connectivity index (χ3v) is 6.02. The summed E-state index contributed by atoms with van der Waals surface area (Å²) in [6.07, 6.45) is 0.768. The molecule has 1 aliphatic heterocycles. The van der Waals surface area contributed by atoms with Gasteiger partial charge in [0.15, 0.2) is 11.6 Å². The SMILES string of the molecule is COc1cc(F)c(F)cc1-c1ccc(OCc2cccc(CN(CC(=O)O)C(=O)C3CCCO3)c2)cc1. The predicted molar refractivity (Wildman–Crippen MR) is 131 cm³/mol. The number of carboxylic acids is 1. The van der Waals surface area contributed by atoms with E-state index in [0.29, 0.717) is 29.9 Å². The van der Waals surface area contributed by atoms with Crippen molar-refractivity contribution >= 4 is 11.9 Å². The molecule has 1 unspecified atom stereocenters. The van der Waals surface area contributed by atoms with Crippen molar-refractivity contribution in [1.29, 1.82) is 0 Å². The number of aliphatic carboxylic acids is 1. The van der Waals surface area contributed by atoms with Gasteiger partial charge in [0, 0.05) is 24.8 Å². The molecule has 7 nitrogen and oxygen atoms in total. The first-order chi connectivity index (χ1) is 17.8. The molecule has 1 atom stereocenters. The maximum atomic E-state index is 13.8. The zero-order valence-electron chi connectivity index (χ0n) is 20.3. The Bertz CT molecular complexity index is 1260. The van der Waals surface area contributed by atoms with Crippen LogP contribution in [0.15, 0.2) is 60.7 Å². The molecule has 0 aliphatic carbocycles. The summed E-state index contributed by atoms with van der Waals surface area (Å²) in [5.74, 6) is -2.56. The number of methoxy groups -OCH3 is 1. The van der Waals surface area contributed by atoms with Crippen LogP contribution in [0.2, 0.25) is 0 Å². The smallest absolute Gasteiger partial charge is 0.323 e. The molecular formula is C28H27F2NO6. The average molecular weight is 512 g/mol. The molecule has 9 heteroatoms. The molecule has 3 aromatic carbocycles. The fourth-order valence-corrected chi connectivity index (χ4v) is 4.21. The van der Waals surface area contributed by atoms with E-state index in [2.05, 4.69) is 0 Å². The van der Waals surface area contributed by atoms with Gasteiger partial charge in [-0.05, 0) is 47.7 Å². The number of nitrogens with zero attached hydrogens (tertiary/aromatic N) is 1. The van der Waals surface area contributed by atoms with Crippen LogP contribution in [0.3, 0.4) is 0 Å². The molecule has 0 aromatic heterocycles. The average Bonchev–Trinajstić information content (AvgIpc) is 3.43. The Hall–Kier alpha value is -3.98. The summed E-state index contributed by atoms with van der Waals surface area (Å²) in [5.41, 5.74) is 2.67. The van der Waals surface area contributed by atoms with Gasteiger partial charge >= 0.3 is 5.97 Å². The third-order valence-electron chi connectivity index (χ3n) is 6.02. The van der Waals surface area contributed by atoms with Gasteiger partial charge in [-0.3, -0.25) is 9.59 Å². The van der Waals surface area contributed by atoms with Gasteiger partial charge in [-0.15, -0.1) is 0 Å². The van der Waals surface area contributed by atoms with Crippen LogP contribution in [0.4, 0.5) is 8.78 Å². The number of carbonyl (C=O) groups excluding carboxylic acids is 1. The summed E-state index contributed by atoms with van der Waals surface area (Å²) >= 11 is 0. The van der Waals surface area contributed by atoms with Crippen molar-refractivity contribution in [3.05, 3.63) is 83.4 Å². The lowest BCUT2D eigenvalue weighted by atomic mass is 10.0. The van der Waals surface area contributed by atoms with Crippen molar-refractivity contribution in [1.82, 2.24) is 4.90 Å². The second-order valence-electron chi connectivity index (χ2n) is 8.69. The quantitative estimate of drug-likeness (QED) is 0.421. The molecule has 4 rings (SSSR count). The fourth-order valence-electron chi connectivity index (χ4n) is 4.21. The van der Waals surface area contributed by atoms with E-state index in [0.717, 1.165) is 29.7 Å². The zero-order valence-corrected chi connectivity index (χ0v) is 20.3. The summed E-state index contributed by atoms with van der Waals surface area (Å²) < 4.78 is 43.8. The minimum atomic E-state index is -1.09. The number of carbonyl (C=O) groups is 2. The van der Waals surface area contributed by atoms with Gasteiger partial charge < -0.3 is 24.2 Å². The van der Waals surface area contributed by atoms with Crippen molar-refractivity contribution < 1.29 is 37.7 Å². The van der Waals surface area contributed by atoms with E-state index >= 15 is 0 Å². The predicted octanol–water partition coefficient (Wildman–Crippen LogP) is 4.81. The molecule has 1 saturated heterocycles. The van der Waals surface area contributed by atoms with Crippen LogP contribution in [0, 0.1) is 11.6 Å². The second kappa shape index (κ2) is 11.8. The van der Waals surface area contributed by atoms with E-state index in [1.165, 1.54) is 12.0 Å². The largest absolute Gasteiger partial charge is 0.496 e. The molecule has 1 heterocycles. The molecule has 194 valence electrons. The summed E-state index contributed by atoms with van der Waals surface area (Å²) in [6, 6.07) is 16.4. The Morgan fingerprint density at radius 2 is 1.78 bits per heavy atom. The lowest BCUT2D eigenvalue weighted by Gasteiger charge is -2.24. The van der Waals surface area contributed by atoms with Crippen molar-refractivity contribution in [3.63, 3.8) is 0 Å². The monoisotopic (exact) mass is 511 g/mol. The first kappa shape index (κ1) is 26.1. The first-order valence-corrected chi connectivity index (χ1v) is 11.8. The summed E-state index contributed by atoms with van der Waals surface area (Å²) in [6.45, 7) is 0.470. The van der Waals surface area contributed by atoms with Crippen molar-refractivity contribution in [2.75, 3.05) is 20.3 Å². The number of hydrogen-bond acceptors (Lipinski definition) is 5. The van der Waals surface area contributed by atoms with Crippen LogP contribution < -0.4 is 9.47 Å². The molecule has 3 aromatic rings. The number of carboxylic acid groups (broad SMARTS) is 1. The molecule has 1 N–H and O–H groups in total. The van der Waals surface area contributed by atoms with Crippen molar-refractivity contribution in [2.45, 2.75) is 32.1 Å². The van der Waals surface area contributed by atoms with E-state index in [-0.39, 0.29) is 24.8 Å². The minimum Gasteiger partial charge on any atom is -0.496 e. The molecule has 1 amide bonds. The van der Waals surface area contributed by atoms with E-state index in [1.54, 1.807) is 24.3 Å². The van der Waals surface area contributed by atoms with E-state index in [4.69, 9.17) is 14.2 Å². The van der Waals surface area contributed by atoms with Gasteiger partial charge in [0.25, 0.3) is 5.91 Å². The second-order valence-corrected chi connectivity index (χ2v) is 8.69. The molecule has 0 bridgehead atoms. The highest BCUT2D eigenvalue weighted by molar-refractivity contribution is 5.84. The van der Waals surface area contributed by atoms with Gasteiger partial charge in [0.2, 0.25) is 0 Å². The van der Waals surface area contributed by atoms with E-state index in [9.17, 15) is 23.5 Å². The Morgan fingerprint density at radius 3 is 2.46 bits per heavy atom. The minimum absolute atomic E-state index is 0.142. The van der Waals surface area contributed by atoms with Gasteiger partial charge in [-0.1, -0.05) is 36.4 Å². The number of amides is 1. The molecule has 0 radical (unpaired) electrons. The summed E-state index contributed by atoms with van der Waals surface area (Å²) in [7, 11) is 1.39. The lowest BCUT2D eigenvalue weighted by molar-refractivity contribution is -0.149. The maximum Gasteiger partial charge on any atom is 0.323 e. The van der Waals surface area contributed by atoms with E-state index in [1.807, 2.05) is 24.3 Å². The summed E-state index contributed by atoms with van der Waals surface area (Å²) in [5, 5.41) is 9.27. The van der Waals surface area contributed by atoms with Gasteiger partial charge in [-0.25, -0.2) is 8.78 Å². The molecule has 1 aliphatic rings. The number of hydrogen-bond donors (Lipinski definition) is 1. The fraction of sp³-hybridized carbons (Fsp3) is 0.286. The van der Waals surface area contributed by atoms with Crippen LogP contribution in [-0.4, -0.2) is 48.2 Å². The molecule has 0 saturated carbocycles. The highest BCUT2D eigenvalue weighted by Crippen LogP contribution is 2.33. The maximum absolute atomic E-state index is 13.8. The molecule has 37 heavy (non-hydrogen) atoms. The Labute approximate surface area is 213 Å². The van der Waals surface area contributed by atoms with Gasteiger partial charge in [0.05, 0.1) is 7.11 Å². The Balaban J connectivity index is 1.41. The van der Waals surface area contributed by atoms with Crippen molar-refractivity contribution in [2.24, 2.45) is 0 Å². The number of ether oxygens (including phenoxy) is 3. The van der Waals surface area contributed by atoms with E-state index < -0.39 is 30.3 Å². The van der Waals surface area contributed by atoms with Crippen molar-refractivity contribution in [3.8, 4) is 22.6 Å². The number of rotatable bonds is 10. The van der Waals surface area contributed by atoms with Crippen LogP contribution >= 0.6 is 0 Å². The first-order valence-electron chi connectivity index (χ1n) is 11.8. The summed E-state index contributed by atoms with van der Waals surface area (Å²) in [4.78, 5) is 25.4. The Kier molecular flexibility index (Phi) is 8.35. The molecule has 0 spiro atoms. The van der Waals surface area contributed by atoms with Gasteiger partial charge in [-0.2, -0.15) is 0 Å². The zero-order chi connectivity index (χ0) is 26.4. The third kappa shape index (κ3) is 6.62. The lowest BCUT2D eigenvalue weighted by Crippen LogP contribution is -2.41. The van der Waals surface area contributed by atoms with Crippen LogP contribution in [0.5, 0.6) is 11.5 Å². The topological polar surface area (TPSA) is 85.3 Å². The van der Waals surface area contributed by atoms with Crippen LogP contribution in [-0.2, 0) is 27.5 Å². The molecular weight excluding hydrogens is 484 g/mol. The van der Waals surface area contributed by atoms with Gasteiger partial charge in [0.1, 0.15) is 30.8 Å². The number of benzene rings is 3. The highest BCUT2D eigenvalue weighted by Gasteiger charge is 2.29. The standard InChI is InChI=1S/C28H27F2NO6/c1-35-26-14-24(30)23(29)13-22(26)20-7-9-21(10-8-20)37-17-19-5-2-4-18(12-19)15-31(16-27(32)33)28(34)25-6-3-11-36-25/h2,4-5,7-10,12-14,25H,3,6,11,15-17H2,1H3,(H,32,33). The Morgan fingerprint density at radius 1 is 1.05 bits per heavy atom. The van der Waals surface area contributed by atoms with Crippen LogP contribution in [0.25, 0.3) is 11.1 Å². The number of halogens is 2. The normalized spacial score (nSPS) is 14.8.